The first-order valence-corrected chi connectivity index (χ1v) is 8.25. The minimum absolute atomic E-state index is 0.00429. The van der Waals surface area contributed by atoms with Crippen LogP contribution in [0.3, 0.4) is 0 Å². The van der Waals surface area contributed by atoms with Crippen molar-refractivity contribution < 1.29 is 27.6 Å². The maximum Gasteiger partial charge on any atom is 0.417 e. The molecule has 0 heterocycles. The highest BCUT2D eigenvalue weighted by molar-refractivity contribution is 14.1. The van der Waals surface area contributed by atoms with E-state index in [2.05, 4.69) is 0 Å². The molecule has 0 aliphatic rings. The number of nitrogens with zero attached hydrogens (tertiary/aromatic N) is 1. The molecule has 0 atom stereocenters. The molecule has 2 aromatic carbocycles. The molecule has 0 aromatic heterocycles. The summed E-state index contributed by atoms with van der Waals surface area (Å²) in [6.45, 7) is 1.86. The van der Waals surface area contributed by atoms with Gasteiger partial charge in [0.1, 0.15) is 11.5 Å². The molecule has 0 saturated heterocycles. The molecule has 134 valence electrons. The minimum Gasteiger partial charge on any atom is -0.487 e. The first-order valence-electron chi connectivity index (χ1n) is 6.79. The first-order chi connectivity index (χ1) is 11.6. The van der Waals surface area contributed by atoms with Crippen molar-refractivity contribution in [3.63, 3.8) is 0 Å². The fourth-order valence-corrected chi connectivity index (χ4v) is 2.89. The number of nitro groups is 1. The van der Waals surface area contributed by atoms with E-state index in [-0.39, 0.29) is 38.1 Å². The van der Waals surface area contributed by atoms with Crippen molar-refractivity contribution in [3.05, 3.63) is 54.6 Å². The van der Waals surface area contributed by atoms with Crippen LogP contribution in [0.5, 0.6) is 17.2 Å². The fourth-order valence-electron chi connectivity index (χ4n) is 1.94. The van der Waals surface area contributed by atoms with Crippen molar-refractivity contribution in [3.8, 4) is 17.2 Å². The summed E-state index contributed by atoms with van der Waals surface area (Å²) in [5.41, 5.74) is -1.12. The molecular formula is C15H10ClF3INO4. The van der Waals surface area contributed by atoms with Gasteiger partial charge >= 0.3 is 11.9 Å². The van der Waals surface area contributed by atoms with Gasteiger partial charge in [-0.2, -0.15) is 13.2 Å². The molecule has 0 aliphatic heterocycles. The highest BCUT2D eigenvalue weighted by Crippen LogP contribution is 2.42. The molecule has 0 unspecified atom stereocenters. The lowest BCUT2D eigenvalue weighted by Gasteiger charge is -2.14. The summed E-state index contributed by atoms with van der Waals surface area (Å²) in [7, 11) is 0. The highest BCUT2D eigenvalue weighted by atomic mass is 127. The lowest BCUT2D eigenvalue weighted by atomic mass is 10.2. The van der Waals surface area contributed by atoms with Crippen LogP contribution in [0, 0.1) is 13.7 Å². The molecule has 0 bridgehead atoms. The molecule has 0 aliphatic carbocycles. The van der Waals surface area contributed by atoms with E-state index in [1.165, 1.54) is 40.8 Å². The smallest absolute Gasteiger partial charge is 0.417 e. The maximum atomic E-state index is 12.9. The monoisotopic (exact) mass is 487 g/mol. The van der Waals surface area contributed by atoms with Gasteiger partial charge in [-0.25, -0.2) is 0 Å². The molecule has 0 spiro atoms. The normalized spacial score (nSPS) is 11.3. The number of alkyl halides is 3. The van der Waals surface area contributed by atoms with E-state index in [9.17, 15) is 23.3 Å². The quantitative estimate of drug-likeness (QED) is 0.292. The van der Waals surface area contributed by atoms with Gasteiger partial charge in [-0.15, -0.1) is 0 Å². The Labute approximate surface area is 159 Å². The van der Waals surface area contributed by atoms with E-state index in [0.29, 0.717) is 0 Å². The van der Waals surface area contributed by atoms with Gasteiger partial charge in [-0.3, -0.25) is 10.1 Å². The fraction of sp³-hybridized carbons (Fsp3) is 0.200. The molecule has 5 nitrogen and oxygen atoms in total. The van der Waals surface area contributed by atoms with E-state index in [0.717, 1.165) is 12.1 Å². The average molecular weight is 488 g/mol. The number of nitro benzene ring substituents is 1. The van der Waals surface area contributed by atoms with Gasteiger partial charge in [0.2, 0.25) is 5.75 Å². The molecule has 10 heteroatoms. The Hall–Kier alpha value is -1.75. The molecule has 0 fully saturated rings. The van der Waals surface area contributed by atoms with Crippen LogP contribution in [0.25, 0.3) is 0 Å². The van der Waals surface area contributed by atoms with E-state index in [1.807, 2.05) is 0 Å². The van der Waals surface area contributed by atoms with Crippen molar-refractivity contribution >= 4 is 39.9 Å². The van der Waals surface area contributed by atoms with Crippen molar-refractivity contribution in [2.24, 2.45) is 0 Å². The molecule has 25 heavy (non-hydrogen) atoms. The van der Waals surface area contributed by atoms with Crippen LogP contribution in [0.15, 0.2) is 30.3 Å². The van der Waals surface area contributed by atoms with Crippen LogP contribution in [0.1, 0.15) is 12.5 Å². The Bertz CT molecular complexity index is 814. The summed E-state index contributed by atoms with van der Waals surface area (Å²) in [6, 6.07) is 5.72. The van der Waals surface area contributed by atoms with Crippen LogP contribution >= 0.6 is 34.2 Å². The summed E-state index contributed by atoms with van der Waals surface area (Å²) >= 11 is 7.45. The van der Waals surface area contributed by atoms with Crippen LogP contribution in [-0.4, -0.2) is 11.5 Å². The Morgan fingerprint density at radius 2 is 1.92 bits per heavy atom. The third kappa shape index (κ3) is 4.46. The van der Waals surface area contributed by atoms with Crippen LogP contribution in [-0.2, 0) is 6.18 Å². The SMILES string of the molecule is CCOc1cc(Oc2ccc(C(F)(F)F)c(I)c2Cl)ccc1[N+](=O)[O-]. The van der Waals surface area contributed by atoms with Crippen LogP contribution < -0.4 is 9.47 Å². The summed E-state index contributed by atoms with van der Waals surface area (Å²) in [4.78, 5) is 10.3. The third-order valence-corrected chi connectivity index (χ3v) is 4.82. The summed E-state index contributed by atoms with van der Waals surface area (Å²) in [5, 5.41) is 10.8. The number of benzene rings is 2. The predicted molar refractivity (Wildman–Crippen MR) is 93.5 cm³/mol. The van der Waals surface area contributed by atoms with Crippen molar-refractivity contribution in [1.82, 2.24) is 0 Å². The Kier molecular flexibility index (Phi) is 5.99. The van der Waals surface area contributed by atoms with E-state index in [1.54, 1.807) is 6.92 Å². The van der Waals surface area contributed by atoms with E-state index >= 15 is 0 Å². The number of halogens is 5. The van der Waals surface area contributed by atoms with Gasteiger partial charge in [-0.05, 0) is 47.7 Å². The standard InChI is InChI=1S/C15H10ClF3INO4/c1-2-24-12-7-8(3-5-10(12)21(22)23)25-11-6-4-9(15(17,18)19)14(20)13(11)16/h3-7H,2H2,1H3. The van der Waals surface area contributed by atoms with Gasteiger partial charge in [0.05, 0.1) is 22.1 Å². The maximum absolute atomic E-state index is 12.9. The van der Waals surface area contributed by atoms with E-state index < -0.39 is 16.7 Å². The van der Waals surface area contributed by atoms with Crippen LogP contribution in [0.2, 0.25) is 5.02 Å². The topological polar surface area (TPSA) is 61.6 Å². The predicted octanol–water partition coefficient (Wildman–Crippen LogP) is 6.06. The first kappa shape index (κ1) is 19.6. The Balaban J connectivity index is 2.38. The summed E-state index contributed by atoms with van der Waals surface area (Å²) in [5.74, 6) is 0.129. The van der Waals surface area contributed by atoms with Crippen LogP contribution in [0.4, 0.5) is 18.9 Å². The van der Waals surface area contributed by atoms with Gasteiger partial charge in [0.15, 0.2) is 0 Å². The zero-order valence-corrected chi connectivity index (χ0v) is 15.5. The second-order valence-corrected chi connectivity index (χ2v) is 6.12. The molecule has 0 amide bonds. The average Bonchev–Trinajstić information content (AvgIpc) is 2.51. The lowest BCUT2D eigenvalue weighted by Crippen LogP contribution is -2.08. The van der Waals surface area contributed by atoms with Gasteiger partial charge in [0.25, 0.3) is 0 Å². The molecular weight excluding hydrogens is 478 g/mol. The van der Waals surface area contributed by atoms with Crippen molar-refractivity contribution in [2.45, 2.75) is 13.1 Å². The minimum atomic E-state index is -4.53. The Morgan fingerprint density at radius 3 is 2.48 bits per heavy atom. The summed E-state index contributed by atoms with van der Waals surface area (Å²) < 4.78 is 49.0. The van der Waals surface area contributed by atoms with Crippen molar-refractivity contribution in [1.29, 1.82) is 0 Å². The summed E-state index contributed by atoms with van der Waals surface area (Å²) in [6.07, 6.45) is -4.53. The second-order valence-electron chi connectivity index (χ2n) is 4.66. The zero-order chi connectivity index (χ0) is 18.8. The number of rotatable bonds is 5. The number of hydrogen-bond acceptors (Lipinski definition) is 4. The van der Waals surface area contributed by atoms with Gasteiger partial charge < -0.3 is 9.47 Å². The van der Waals surface area contributed by atoms with Gasteiger partial charge in [-0.1, -0.05) is 11.6 Å². The lowest BCUT2D eigenvalue weighted by molar-refractivity contribution is -0.385. The second kappa shape index (κ2) is 7.65. The molecule has 0 saturated carbocycles. The molecule has 0 radical (unpaired) electrons. The number of ether oxygens (including phenoxy) is 2. The largest absolute Gasteiger partial charge is 0.487 e. The highest BCUT2D eigenvalue weighted by Gasteiger charge is 2.34. The molecule has 0 N–H and O–H groups in total. The van der Waals surface area contributed by atoms with Crippen molar-refractivity contribution in [2.75, 3.05) is 6.61 Å². The van der Waals surface area contributed by atoms with Gasteiger partial charge in [0, 0.05) is 15.7 Å². The van der Waals surface area contributed by atoms with E-state index in [4.69, 9.17) is 21.1 Å². The zero-order valence-electron chi connectivity index (χ0n) is 12.6. The Morgan fingerprint density at radius 1 is 1.24 bits per heavy atom. The number of hydrogen-bond donors (Lipinski definition) is 0. The molecule has 2 rings (SSSR count). The molecule has 2 aromatic rings. The third-order valence-electron chi connectivity index (χ3n) is 3.01.